The zero-order chi connectivity index (χ0) is 37.2. The van der Waals surface area contributed by atoms with Crippen LogP contribution in [-0.4, -0.2) is 62.4 Å². The van der Waals surface area contributed by atoms with Crippen LogP contribution in [0.4, 0.5) is 0 Å². The first-order chi connectivity index (χ1) is 25.0. The van der Waals surface area contributed by atoms with Gasteiger partial charge in [-0.1, -0.05) is 142 Å². The number of esters is 2. The predicted molar refractivity (Wildman–Crippen MR) is 213 cm³/mol. The maximum absolute atomic E-state index is 13.2. The molecule has 0 aromatic carbocycles. The van der Waals surface area contributed by atoms with Gasteiger partial charge in [0.05, 0.1) is 32.2 Å². The highest BCUT2D eigenvalue weighted by atomic mass is 16.5. The zero-order valence-electron chi connectivity index (χ0n) is 33.8. The van der Waals surface area contributed by atoms with Crippen LogP contribution in [-0.2, 0) is 23.8 Å². The van der Waals surface area contributed by atoms with Crippen LogP contribution in [0.1, 0.15) is 188 Å². The van der Waals surface area contributed by atoms with Crippen molar-refractivity contribution in [1.29, 1.82) is 0 Å². The third-order valence-corrected chi connectivity index (χ3v) is 10.5. The summed E-state index contributed by atoms with van der Waals surface area (Å²) < 4.78 is 18.0. The van der Waals surface area contributed by atoms with E-state index in [1.807, 2.05) is 0 Å². The summed E-state index contributed by atoms with van der Waals surface area (Å²) in [5, 5.41) is 0. The van der Waals surface area contributed by atoms with Gasteiger partial charge < -0.3 is 19.1 Å². The van der Waals surface area contributed by atoms with E-state index in [0.29, 0.717) is 32.2 Å². The van der Waals surface area contributed by atoms with Gasteiger partial charge in [-0.05, 0) is 87.8 Å². The third kappa shape index (κ3) is 25.5. The van der Waals surface area contributed by atoms with Gasteiger partial charge in [-0.3, -0.25) is 9.59 Å². The second-order valence-electron chi connectivity index (χ2n) is 14.8. The number of cyclic esters (lactones) is 2. The molecule has 294 valence electrons. The van der Waals surface area contributed by atoms with Crippen LogP contribution in [0.5, 0.6) is 0 Å². The Morgan fingerprint density at radius 2 is 1.14 bits per heavy atom. The minimum absolute atomic E-state index is 0.0435. The lowest BCUT2D eigenvalue weighted by Crippen LogP contribution is -2.25. The molecule has 0 aliphatic carbocycles. The number of carbonyl (C=O) groups excluding carboxylic acids is 2. The summed E-state index contributed by atoms with van der Waals surface area (Å²) in [6.07, 6.45) is 26.3. The van der Waals surface area contributed by atoms with Gasteiger partial charge in [-0.2, -0.15) is 0 Å². The lowest BCUT2D eigenvalue weighted by Gasteiger charge is -2.25. The summed E-state index contributed by atoms with van der Waals surface area (Å²) in [7, 11) is 0. The number of ether oxygens (including phenoxy) is 3. The van der Waals surface area contributed by atoms with Gasteiger partial charge in [-0.15, -0.1) is 0 Å². The zero-order valence-corrected chi connectivity index (χ0v) is 33.8. The lowest BCUT2D eigenvalue weighted by atomic mass is 9.79. The van der Waals surface area contributed by atoms with E-state index >= 15 is 0 Å². The summed E-state index contributed by atoms with van der Waals surface area (Å²) in [5.74, 6) is -0.396. The Labute approximate surface area is 314 Å². The number of hydrogen-bond acceptors (Lipinski definition) is 6. The van der Waals surface area contributed by atoms with E-state index in [0.717, 1.165) is 128 Å². The average Bonchev–Trinajstić information content (AvgIpc) is 3.12. The molecule has 1 fully saturated rings. The first kappa shape index (κ1) is 47.0. The monoisotopic (exact) mass is 714 g/mol. The number of allylic oxidation sites excluding steroid dienone is 1. The Balaban J connectivity index is 2.93. The average molecular weight is 714 g/mol. The number of nitrogens with zero attached hydrogens (tertiary/aromatic N) is 1. The van der Waals surface area contributed by atoms with Crippen LogP contribution in [0.2, 0.25) is 0 Å². The summed E-state index contributed by atoms with van der Waals surface area (Å²) in [6, 6.07) is 0. The molecular formula is C45H79NO5. The van der Waals surface area contributed by atoms with Crippen molar-refractivity contribution < 1.29 is 23.8 Å². The van der Waals surface area contributed by atoms with Crippen molar-refractivity contribution in [2.45, 2.75) is 194 Å². The molecule has 0 radical (unpaired) electrons. The smallest absolute Gasteiger partial charge is 0.306 e. The van der Waals surface area contributed by atoms with Crippen molar-refractivity contribution in [2.24, 2.45) is 11.8 Å². The van der Waals surface area contributed by atoms with E-state index in [1.54, 1.807) is 0 Å². The molecule has 0 aromatic heterocycles. The number of unbranched alkanes of at least 4 members (excludes halogenated alkanes) is 4. The number of hydrogen-bond donors (Lipinski definition) is 0. The first-order valence-electron chi connectivity index (χ1n) is 21.5. The molecule has 6 heteroatoms. The lowest BCUT2D eigenvalue weighted by molar-refractivity contribution is -0.145. The minimum Gasteiger partial charge on any atom is -0.466 e. The van der Waals surface area contributed by atoms with Gasteiger partial charge in [0.15, 0.2) is 0 Å². The number of carbonyl (C=O) groups is 2. The van der Waals surface area contributed by atoms with E-state index in [2.05, 4.69) is 56.4 Å². The van der Waals surface area contributed by atoms with E-state index in [4.69, 9.17) is 14.2 Å². The van der Waals surface area contributed by atoms with Gasteiger partial charge in [0.2, 0.25) is 0 Å². The van der Waals surface area contributed by atoms with Crippen LogP contribution in [0, 0.1) is 11.8 Å². The molecule has 0 aromatic rings. The molecule has 1 aliphatic heterocycles. The molecule has 2 atom stereocenters. The molecule has 0 N–H and O–H groups in total. The van der Waals surface area contributed by atoms with Gasteiger partial charge in [0.25, 0.3) is 0 Å². The van der Waals surface area contributed by atoms with E-state index in [1.165, 1.54) is 51.4 Å². The second kappa shape index (κ2) is 33.8. The highest BCUT2D eigenvalue weighted by Gasteiger charge is 2.28. The van der Waals surface area contributed by atoms with Crippen LogP contribution >= 0.6 is 0 Å². The normalized spacial score (nSPS) is 22.0. The Hall–Kier alpha value is -2.06. The summed E-state index contributed by atoms with van der Waals surface area (Å²) in [5.41, 5.74) is 10.0. The maximum Gasteiger partial charge on any atom is 0.306 e. The maximum atomic E-state index is 13.2. The standard InChI is InChI=1S/C45H79NO5/c1-6-11-22-29-40-38-44(47)50-35-26-20-16-14-18-24-31-42(49-37-28-34-46(9-4)10-5)32-25-19-15-17-21-27-36-51-45(48)39-41(30-23-12-7-2)43(40)33-13-8-3/h40-42H,3,6-7,9-12,14-32,34-39H2,1-2,4-5H3. The quantitative estimate of drug-likeness (QED) is 0.0956. The van der Waals surface area contributed by atoms with Crippen molar-refractivity contribution >= 4 is 11.9 Å². The predicted octanol–water partition coefficient (Wildman–Crippen LogP) is 11.9. The van der Waals surface area contributed by atoms with E-state index in [-0.39, 0.29) is 23.8 Å². The van der Waals surface area contributed by atoms with Crippen LogP contribution < -0.4 is 0 Å². The molecule has 51 heavy (non-hydrogen) atoms. The molecule has 0 amide bonds. The van der Waals surface area contributed by atoms with Crippen molar-refractivity contribution in [3.8, 4) is 0 Å². The molecular weight excluding hydrogens is 634 g/mol. The van der Waals surface area contributed by atoms with Gasteiger partial charge in [-0.25, -0.2) is 0 Å². The molecule has 1 rings (SSSR count). The topological polar surface area (TPSA) is 65.1 Å². The molecule has 6 nitrogen and oxygen atoms in total. The van der Waals surface area contributed by atoms with Crippen molar-refractivity contribution in [1.82, 2.24) is 4.90 Å². The Bertz CT molecular complexity index is 935. The summed E-state index contributed by atoms with van der Waals surface area (Å²) >= 11 is 0. The Kier molecular flexibility index (Phi) is 31.1. The van der Waals surface area contributed by atoms with E-state index < -0.39 is 0 Å². The third-order valence-electron chi connectivity index (χ3n) is 10.5. The van der Waals surface area contributed by atoms with Crippen LogP contribution in [0.3, 0.4) is 0 Å². The molecule has 1 saturated heterocycles. The SMILES string of the molecule is C=C=C=C=C1C(CCCCC)CC(=O)OCCCCCCCCC(OCCCN(CC)CC)CCCCCCCCOC(=O)CC1CCCCC. The van der Waals surface area contributed by atoms with Gasteiger partial charge in [0.1, 0.15) is 0 Å². The van der Waals surface area contributed by atoms with Crippen LogP contribution in [0.15, 0.2) is 29.3 Å². The molecule has 1 aliphatic rings. The fourth-order valence-corrected chi connectivity index (χ4v) is 7.31. The number of rotatable bonds is 15. The van der Waals surface area contributed by atoms with Gasteiger partial charge in [0, 0.05) is 13.2 Å². The molecule has 2 unspecified atom stereocenters. The molecule has 0 bridgehead atoms. The highest BCUT2D eigenvalue weighted by molar-refractivity contribution is 5.71. The molecule has 0 saturated carbocycles. The fraction of sp³-hybridized carbons (Fsp3) is 0.844. The van der Waals surface area contributed by atoms with Crippen molar-refractivity contribution in [2.75, 3.05) is 39.5 Å². The fourth-order valence-electron chi connectivity index (χ4n) is 7.31. The van der Waals surface area contributed by atoms with Gasteiger partial charge >= 0.3 is 11.9 Å². The Morgan fingerprint density at radius 3 is 1.59 bits per heavy atom. The highest BCUT2D eigenvalue weighted by Crippen LogP contribution is 2.33. The molecule has 0 spiro atoms. The Morgan fingerprint density at radius 1 is 0.667 bits per heavy atom. The van der Waals surface area contributed by atoms with Crippen LogP contribution in [0.25, 0.3) is 0 Å². The van der Waals surface area contributed by atoms with Crippen molar-refractivity contribution in [3.63, 3.8) is 0 Å². The largest absolute Gasteiger partial charge is 0.466 e. The minimum atomic E-state index is -0.155. The molecule has 1 heterocycles. The first-order valence-corrected chi connectivity index (χ1v) is 21.5. The van der Waals surface area contributed by atoms with Crippen molar-refractivity contribution in [3.05, 3.63) is 29.3 Å². The summed E-state index contributed by atoms with van der Waals surface area (Å²) in [6.45, 7) is 17.7. The second-order valence-corrected chi connectivity index (χ2v) is 14.8. The summed E-state index contributed by atoms with van der Waals surface area (Å²) in [4.78, 5) is 28.9. The van der Waals surface area contributed by atoms with E-state index in [9.17, 15) is 9.59 Å².